The van der Waals surface area contributed by atoms with Crippen LogP contribution in [0.25, 0.3) is 0 Å². The molecular weight excluding hydrogens is 474 g/mol. The van der Waals surface area contributed by atoms with Crippen LogP contribution in [0.3, 0.4) is 0 Å². The Balaban J connectivity index is 1.77. The zero-order chi connectivity index (χ0) is 26.5. The van der Waals surface area contributed by atoms with E-state index in [1.807, 2.05) is 37.4 Å². The summed E-state index contributed by atoms with van der Waals surface area (Å²) >= 11 is 0. The molecule has 194 valence electrons. The van der Waals surface area contributed by atoms with Gasteiger partial charge in [0.2, 0.25) is 5.91 Å². The van der Waals surface area contributed by atoms with Crippen LogP contribution in [0.2, 0.25) is 0 Å². The van der Waals surface area contributed by atoms with E-state index in [0.29, 0.717) is 36.1 Å². The van der Waals surface area contributed by atoms with Gasteiger partial charge in [-0.25, -0.2) is 8.42 Å². The summed E-state index contributed by atoms with van der Waals surface area (Å²) in [6, 6.07) is 17.4. The van der Waals surface area contributed by atoms with Crippen LogP contribution in [0.4, 0.5) is 5.69 Å². The standard InChI is InChI=1S/C27H37N5O3S/c1-20(2)24-12-14-25(15-13-24)32(36(34,35)27-21(3)29-31(6)22(27)4)19-26(33)28-16-17-30(5)18-23-10-8-7-9-11-23/h7-15,20H,16-19H2,1-6H3,(H,28,33). The molecule has 1 N–H and O–H groups in total. The van der Waals surface area contributed by atoms with Gasteiger partial charge in [-0.05, 0) is 50.1 Å². The average molecular weight is 512 g/mol. The maximum Gasteiger partial charge on any atom is 0.268 e. The van der Waals surface area contributed by atoms with Crippen molar-refractivity contribution in [3.05, 3.63) is 77.1 Å². The molecule has 0 fully saturated rings. The van der Waals surface area contributed by atoms with Gasteiger partial charge in [-0.15, -0.1) is 0 Å². The second kappa shape index (κ2) is 11.7. The molecule has 3 rings (SSSR count). The Hall–Kier alpha value is -3.17. The van der Waals surface area contributed by atoms with Crippen LogP contribution in [-0.2, 0) is 28.4 Å². The van der Waals surface area contributed by atoms with Crippen LogP contribution in [-0.4, -0.2) is 55.7 Å². The van der Waals surface area contributed by atoms with E-state index in [-0.39, 0.29) is 17.3 Å². The van der Waals surface area contributed by atoms with Gasteiger partial charge in [-0.3, -0.25) is 13.8 Å². The summed E-state index contributed by atoms with van der Waals surface area (Å²) in [6.07, 6.45) is 0. The molecular formula is C27H37N5O3S. The van der Waals surface area contributed by atoms with Gasteiger partial charge in [0.25, 0.3) is 10.0 Å². The van der Waals surface area contributed by atoms with E-state index in [9.17, 15) is 13.2 Å². The zero-order valence-corrected chi connectivity index (χ0v) is 22.8. The number of amides is 1. The topological polar surface area (TPSA) is 87.5 Å². The number of carbonyl (C=O) groups is 1. The van der Waals surface area contributed by atoms with Crippen molar-refractivity contribution in [3.63, 3.8) is 0 Å². The number of anilines is 1. The van der Waals surface area contributed by atoms with Crippen molar-refractivity contribution in [1.29, 1.82) is 0 Å². The number of likely N-dealkylation sites (N-methyl/N-ethyl adjacent to an activating group) is 1. The Morgan fingerprint density at radius 3 is 2.25 bits per heavy atom. The van der Waals surface area contributed by atoms with Gasteiger partial charge in [0, 0.05) is 26.7 Å². The smallest absolute Gasteiger partial charge is 0.268 e. The molecule has 9 heteroatoms. The van der Waals surface area contributed by atoms with Gasteiger partial charge >= 0.3 is 0 Å². The summed E-state index contributed by atoms with van der Waals surface area (Å²) in [5.41, 5.74) is 3.66. The van der Waals surface area contributed by atoms with Crippen LogP contribution in [0.5, 0.6) is 0 Å². The number of sulfonamides is 1. The maximum atomic E-state index is 13.8. The molecule has 0 saturated heterocycles. The van der Waals surface area contributed by atoms with Crippen molar-refractivity contribution in [1.82, 2.24) is 20.0 Å². The van der Waals surface area contributed by atoms with Gasteiger partial charge in [0.1, 0.15) is 11.4 Å². The molecule has 0 unspecified atom stereocenters. The van der Waals surface area contributed by atoms with Gasteiger partial charge in [-0.1, -0.05) is 56.3 Å². The Morgan fingerprint density at radius 1 is 1.06 bits per heavy atom. The number of carbonyl (C=O) groups excluding carboxylic acids is 1. The van der Waals surface area contributed by atoms with Gasteiger partial charge in [-0.2, -0.15) is 5.10 Å². The highest BCUT2D eigenvalue weighted by molar-refractivity contribution is 7.93. The molecule has 36 heavy (non-hydrogen) atoms. The predicted molar refractivity (Wildman–Crippen MR) is 144 cm³/mol. The van der Waals surface area contributed by atoms with Crippen LogP contribution in [0.15, 0.2) is 59.5 Å². The molecule has 1 heterocycles. The summed E-state index contributed by atoms with van der Waals surface area (Å²) in [5.74, 6) is -0.0538. The second-order valence-corrected chi connectivity index (χ2v) is 11.3. The van der Waals surface area contributed by atoms with Crippen molar-refractivity contribution >= 4 is 21.6 Å². The first-order chi connectivity index (χ1) is 17.0. The summed E-state index contributed by atoms with van der Waals surface area (Å²) in [6.45, 7) is 9.03. The minimum atomic E-state index is -4.03. The maximum absolute atomic E-state index is 13.8. The first-order valence-electron chi connectivity index (χ1n) is 12.1. The van der Waals surface area contributed by atoms with Crippen molar-refractivity contribution in [3.8, 4) is 0 Å². The summed E-state index contributed by atoms with van der Waals surface area (Å²) in [4.78, 5) is 15.2. The molecule has 0 atom stereocenters. The van der Waals surface area contributed by atoms with Crippen molar-refractivity contribution in [2.45, 2.75) is 45.1 Å². The summed E-state index contributed by atoms with van der Waals surface area (Å²) < 4.78 is 30.3. The molecule has 3 aromatic rings. The SMILES string of the molecule is Cc1nn(C)c(C)c1S(=O)(=O)N(CC(=O)NCCN(C)Cc1ccccc1)c1ccc(C(C)C)cc1. The molecule has 0 spiro atoms. The van der Waals surface area contributed by atoms with E-state index in [1.165, 1.54) is 9.87 Å². The first-order valence-corrected chi connectivity index (χ1v) is 13.6. The lowest BCUT2D eigenvalue weighted by Gasteiger charge is -2.25. The Labute approximate surface area is 215 Å². The molecule has 0 saturated carbocycles. The molecule has 0 aliphatic carbocycles. The van der Waals surface area contributed by atoms with E-state index < -0.39 is 10.0 Å². The number of hydrogen-bond donors (Lipinski definition) is 1. The molecule has 8 nitrogen and oxygen atoms in total. The van der Waals surface area contributed by atoms with Gasteiger partial charge in [0.15, 0.2) is 0 Å². The number of rotatable bonds is 11. The van der Waals surface area contributed by atoms with E-state index in [2.05, 4.69) is 41.3 Å². The van der Waals surface area contributed by atoms with Crippen LogP contribution in [0, 0.1) is 13.8 Å². The van der Waals surface area contributed by atoms with Crippen LogP contribution in [0.1, 0.15) is 42.3 Å². The highest BCUT2D eigenvalue weighted by Gasteiger charge is 2.32. The fourth-order valence-electron chi connectivity index (χ4n) is 4.12. The van der Waals surface area contributed by atoms with Gasteiger partial charge in [0.05, 0.1) is 17.1 Å². The second-order valence-electron chi connectivity index (χ2n) is 9.45. The third kappa shape index (κ3) is 6.53. The quantitative estimate of drug-likeness (QED) is 0.425. The van der Waals surface area contributed by atoms with Crippen molar-refractivity contribution in [2.24, 2.45) is 7.05 Å². The number of nitrogens with one attached hydrogen (secondary N) is 1. The van der Waals surface area contributed by atoms with E-state index >= 15 is 0 Å². The van der Waals surface area contributed by atoms with Crippen molar-refractivity contribution in [2.75, 3.05) is 31.0 Å². The minimum Gasteiger partial charge on any atom is -0.353 e. The normalized spacial score (nSPS) is 11.8. The number of hydrogen-bond acceptors (Lipinski definition) is 5. The molecule has 0 aliphatic rings. The Kier molecular flexibility index (Phi) is 8.92. The third-order valence-electron chi connectivity index (χ3n) is 6.24. The first kappa shape index (κ1) is 27.4. The lowest BCUT2D eigenvalue weighted by atomic mass is 10.0. The zero-order valence-electron chi connectivity index (χ0n) is 22.0. The van der Waals surface area contributed by atoms with E-state index in [1.54, 1.807) is 37.7 Å². The summed E-state index contributed by atoms with van der Waals surface area (Å²) in [5, 5.41) is 7.16. The molecule has 1 aromatic heterocycles. The van der Waals surface area contributed by atoms with Crippen LogP contribution >= 0.6 is 0 Å². The van der Waals surface area contributed by atoms with Gasteiger partial charge < -0.3 is 10.2 Å². The number of aryl methyl sites for hydroxylation is 2. The number of benzene rings is 2. The van der Waals surface area contributed by atoms with E-state index in [0.717, 1.165) is 12.1 Å². The lowest BCUT2D eigenvalue weighted by molar-refractivity contribution is -0.119. The molecule has 2 aromatic carbocycles. The highest BCUT2D eigenvalue weighted by Crippen LogP contribution is 2.29. The summed E-state index contributed by atoms with van der Waals surface area (Å²) in [7, 11) is -0.330. The highest BCUT2D eigenvalue weighted by atomic mass is 32.2. The average Bonchev–Trinajstić information content (AvgIpc) is 3.09. The largest absolute Gasteiger partial charge is 0.353 e. The molecule has 0 aliphatic heterocycles. The van der Waals surface area contributed by atoms with Crippen molar-refractivity contribution < 1.29 is 13.2 Å². The fraction of sp³-hybridized carbons (Fsp3) is 0.407. The Bertz CT molecular complexity index is 1270. The number of nitrogens with zero attached hydrogens (tertiary/aromatic N) is 4. The van der Waals surface area contributed by atoms with E-state index in [4.69, 9.17) is 0 Å². The third-order valence-corrected chi connectivity index (χ3v) is 8.26. The van der Waals surface area contributed by atoms with Crippen LogP contribution < -0.4 is 9.62 Å². The monoisotopic (exact) mass is 511 g/mol. The Morgan fingerprint density at radius 2 is 1.69 bits per heavy atom. The lowest BCUT2D eigenvalue weighted by Crippen LogP contribution is -2.43. The molecule has 0 bridgehead atoms. The molecule has 1 amide bonds. The fourth-order valence-corrected chi connectivity index (χ4v) is 5.95. The number of aromatic nitrogens is 2. The minimum absolute atomic E-state index is 0.133. The predicted octanol–water partition coefficient (Wildman–Crippen LogP) is 3.60. The molecule has 0 radical (unpaired) electrons.